The molecule has 0 aliphatic carbocycles. The molecule has 0 spiro atoms. The van der Waals surface area contributed by atoms with Gasteiger partial charge in [-0.1, -0.05) is 26.2 Å². The van der Waals surface area contributed by atoms with Gasteiger partial charge in [0, 0.05) is 6.54 Å². The van der Waals surface area contributed by atoms with Crippen LogP contribution in [0.2, 0.25) is 0 Å². The summed E-state index contributed by atoms with van der Waals surface area (Å²) < 4.78 is 39.2. The SMILES string of the molecule is CCCCCCNC(N)=NCC(=O)Nc1ccc(F)c(F)c1F. The van der Waals surface area contributed by atoms with Crippen molar-refractivity contribution < 1.29 is 18.0 Å². The lowest BCUT2D eigenvalue weighted by atomic mass is 10.2. The molecule has 0 aliphatic rings. The Labute approximate surface area is 133 Å². The van der Waals surface area contributed by atoms with Crippen LogP contribution in [0.3, 0.4) is 0 Å². The normalized spacial score (nSPS) is 11.4. The summed E-state index contributed by atoms with van der Waals surface area (Å²) in [5.41, 5.74) is 5.13. The number of guanidine groups is 1. The number of benzene rings is 1. The number of carbonyl (C=O) groups excluding carboxylic acids is 1. The third kappa shape index (κ3) is 6.58. The largest absolute Gasteiger partial charge is 0.370 e. The van der Waals surface area contributed by atoms with Gasteiger partial charge in [0.25, 0.3) is 0 Å². The fourth-order valence-electron chi connectivity index (χ4n) is 1.79. The fourth-order valence-corrected chi connectivity index (χ4v) is 1.79. The molecule has 0 bridgehead atoms. The fraction of sp³-hybridized carbons (Fsp3) is 0.467. The zero-order valence-electron chi connectivity index (χ0n) is 13.0. The van der Waals surface area contributed by atoms with Gasteiger partial charge in [-0.25, -0.2) is 18.2 Å². The first-order valence-corrected chi connectivity index (χ1v) is 7.42. The predicted octanol–water partition coefficient (Wildman–Crippen LogP) is 2.53. The van der Waals surface area contributed by atoms with Crippen LogP contribution in [0.4, 0.5) is 18.9 Å². The lowest BCUT2D eigenvalue weighted by Gasteiger charge is -2.07. The minimum absolute atomic E-state index is 0.0995. The molecule has 0 atom stereocenters. The van der Waals surface area contributed by atoms with Crippen LogP contribution in [0.5, 0.6) is 0 Å². The highest BCUT2D eigenvalue weighted by Crippen LogP contribution is 2.19. The first kappa shape index (κ1) is 18.8. The standard InChI is InChI=1S/C15H21F3N4O/c1-2-3-4-5-8-20-15(19)21-9-12(23)22-11-7-6-10(16)13(17)14(11)18/h6-7H,2-5,8-9H2,1H3,(H,22,23)(H3,19,20,21). The van der Waals surface area contributed by atoms with E-state index in [0.29, 0.717) is 6.54 Å². The zero-order valence-corrected chi connectivity index (χ0v) is 13.0. The number of hydrogen-bond acceptors (Lipinski definition) is 2. The number of nitrogens with two attached hydrogens (primary N) is 1. The van der Waals surface area contributed by atoms with Crippen molar-refractivity contribution in [3.8, 4) is 0 Å². The molecule has 128 valence electrons. The highest BCUT2D eigenvalue weighted by Gasteiger charge is 2.14. The smallest absolute Gasteiger partial charge is 0.246 e. The quantitative estimate of drug-likeness (QED) is 0.297. The summed E-state index contributed by atoms with van der Waals surface area (Å²) in [5, 5.41) is 4.96. The van der Waals surface area contributed by atoms with Crippen LogP contribution in [-0.2, 0) is 4.79 Å². The van der Waals surface area contributed by atoms with Gasteiger partial charge in [-0.15, -0.1) is 0 Å². The van der Waals surface area contributed by atoms with E-state index in [2.05, 4.69) is 22.5 Å². The Morgan fingerprint density at radius 2 is 1.91 bits per heavy atom. The van der Waals surface area contributed by atoms with E-state index in [0.717, 1.165) is 37.8 Å². The molecule has 1 rings (SSSR count). The van der Waals surface area contributed by atoms with E-state index >= 15 is 0 Å². The molecule has 23 heavy (non-hydrogen) atoms. The highest BCUT2D eigenvalue weighted by molar-refractivity contribution is 5.94. The molecule has 0 unspecified atom stereocenters. The molecule has 4 N–H and O–H groups in total. The van der Waals surface area contributed by atoms with Gasteiger partial charge in [0.15, 0.2) is 23.4 Å². The second kappa shape index (κ2) is 9.70. The third-order valence-corrected chi connectivity index (χ3v) is 3.04. The van der Waals surface area contributed by atoms with Crippen LogP contribution in [0.15, 0.2) is 17.1 Å². The molecular weight excluding hydrogens is 309 g/mol. The van der Waals surface area contributed by atoms with Crippen LogP contribution < -0.4 is 16.4 Å². The van der Waals surface area contributed by atoms with E-state index in [1.807, 2.05) is 0 Å². The number of anilines is 1. The number of hydrogen-bond donors (Lipinski definition) is 3. The molecule has 8 heteroatoms. The van der Waals surface area contributed by atoms with Gasteiger partial charge >= 0.3 is 0 Å². The van der Waals surface area contributed by atoms with Crippen molar-refractivity contribution in [2.75, 3.05) is 18.4 Å². The van der Waals surface area contributed by atoms with Crippen LogP contribution in [0.1, 0.15) is 32.6 Å². The van der Waals surface area contributed by atoms with E-state index in [1.54, 1.807) is 0 Å². The van der Waals surface area contributed by atoms with Gasteiger partial charge in [0.1, 0.15) is 6.54 Å². The van der Waals surface area contributed by atoms with Crippen molar-refractivity contribution in [2.45, 2.75) is 32.6 Å². The number of carbonyl (C=O) groups is 1. The number of unbranched alkanes of at least 4 members (excludes halogenated alkanes) is 3. The molecular formula is C15H21F3N4O. The average Bonchev–Trinajstić information content (AvgIpc) is 2.53. The first-order chi connectivity index (χ1) is 11.0. The number of aliphatic imine (C=N–C) groups is 1. The van der Waals surface area contributed by atoms with E-state index < -0.39 is 29.0 Å². The number of nitrogens with one attached hydrogen (secondary N) is 2. The lowest BCUT2D eigenvalue weighted by Crippen LogP contribution is -2.33. The molecule has 0 fully saturated rings. The molecule has 0 saturated heterocycles. The molecule has 5 nitrogen and oxygen atoms in total. The molecule has 0 heterocycles. The summed E-state index contributed by atoms with van der Waals surface area (Å²) in [6.45, 7) is 2.40. The van der Waals surface area contributed by atoms with E-state index in [-0.39, 0.29) is 12.5 Å². The summed E-state index contributed by atoms with van der Waals surface area (Å²) in [7, 11) is 0. The Kier molecular flexibility index (Phi) is 7.93. The highest BCUT2D eigenvalue weighted by atomic mass is 19.2. The first-order valence-electron chi connectivity index (χ1n) is 7.42. The minimum Gasteiger partial charge on any atom is -0.370 e. The molecule has 1 aromatic rings. The Morgan fingerprint density at radius 1 is 1.17 bits per heavy atom. The van der Waals surface area contributed by atoms with Crippen molar-refractivity contribution in [1.29, 1.82) is 0 Å². The average molecular weight is 330 g/mol. The number of rotatable bonds is 8. The van der Waals surface area contributed by atoms with Gasteiger partial charge in [-0.2, -0.15) is 0 Å². The van der Waals surface area contributed by atoms with Crippen molar-refractivity contribution in [2.24, 2.45) is 10.7 Å². The Hall–Kier alpha value is -2.25. The van der Waals surface area contributed by atoms with E-state index in [4.69, 9.17) is 5.73 Å². The predicted molar refractivity (Wildman–Crippen MR) is 83.6 cm³/mol. The van der Waals surface area contributed by atoms with Crippen LogP contribution in [0, 0.1) is 17.5 Å². The maximum atomic E-state index is 13.4. The lowest BCUT2D eigenvalue weighted by molar-refractivity contribution is -0.114. The molecule has 0 radical (unpaired) electrons. The molecule has 0 aromatic heterocycles. The maximum absolute atomic E-state index is 13.4. The van der Waals surface area contributed by atoms with Crippen molar-refractivity contribution in [1.82, 2.24) is 5.32 Å². The van der Waals surface area contributed by atoms with Crippen LogP contribution in [0.25, 0.3) is 0 Å². The van der Waals surface area contributed by atoms with Crippen molar-refractivity contribution >= 4 is 17.6 Å². The van der Waals surface area contributed by atoms with Gasteiger partial charge in [-0.3, -0.25) is 4.79 Å². The minimum atomic E-state index is -1.64. The second-order valence-corrected chi connectivity index (χ2v) is 4.96. The van der Waals surface area contributed by atoms with Crippen LogP contribution >= 0.6 is 0 Å². The van der Waals surface area contributed by atoms with Crippen LogP contribution in [-0.4, -0.2) is 25.0 Å². The number of halogens is 3. The maximum Gasteiger partial charge on any atom is 0.246 e. The van der Waals surface area contributed by atoms with Gasteiger partial charge in [0.05, 0.1) is 5.69 Å². The molecule has 1 aromatic carbocycles. The Morgan fingerprint density at radius 3 is 2.61 bits per heavy atom. The topological polar surface area (TPSA) is 79.5 Å². The summed E-state index contributed by atoms with van der Waals surface area (Å²) >= 11 is 0. The number of amides is 1. The van der Waals surface area contributed by atoms with E-state index in [1.165, 1.54) is 0 Å². The van der Waals surface area contributed by atoms with Crippen molar-refractivity contribution in [3.05, 3.63) is 29.6 Å². The summed E-state index contributed by atoms with van der Waals surface area (Å²) in [4.78, 5) is 15.4. The third-order valence-electron chi connectivity index (χ3n) is 3.04. The summed E-state index contributed by atoms with van der Waals surface area (Å²) in [6, 6.07) is 1.66. The van der Waals surface area contributed by atoms with E-state index in [9.17, 15) is 18.0 Å². The molecule has 1 amide bonds. The Balaban J connectivity index is 2.41. The monoisotopic (exact) mass is 330 g/mol. The summed E-state index contributed by atoms with van der Waals surface area (Å²) in [5.74, 6) is -5.01. The second-order valence-electron chi connectivity index (χ2n) is 4.96. The Bertz CT molecular complexity index is 564. The van der Waals surface area contributed by atoms with Crippen molar-refractivity contribution in [3.63, 3.8) is 0 Å². The van der Waals surface area contributed by atoms with Gasteiger partial charge in [0.2, 0.25) is 5.91 Å². The zero-order chi connectivity index (χ0) is 17.2. The summed E-state index contributed by atoms with van der Waals surface area (Å²) in [6.07, 6.45) is 4.29. The molecule has 0 aliphatic heterocycles. The van der Waals surface area contributed by atoms with Gasteiger partial charge < -0.3 is 16.4 Å². The molecule has 0 saturated carbocycles. The number of nitrogens with zero attached hydrogens (tertiary/aromatic N) is 1. The van der Waals surface area contributed by atoms with Gasteiger partial charge in [-0.05, 0) is 18.6 Å².